The number of benzene rings is 2. The van der Waals surface area contributed by atoms with Gasteiger partial charge in [0.15, 0.2) is 0 Å². The number of methoxy groups -OCH3 is 3. The summed E-state index contributed by atoms with van der Waals surface area (Å²) in [6.45, 7) is 7.56. The zero-order valence-electron chi connectivity index (χ0n) is 20.5. The highest BCUT2D eigenvalue weighted by Gasteiger charge is 2.31. The third-order valence-corrected chi connectivity index (χ3v) is 5.83. The number of furan rings is 1. The number of hydrogen-bond acceptors (Lipinski definition) is 6. The van der Waals surface area contributed by atoms with E-state index in [4.69, 9.17) is 18.6 Å². The fourth-order valence-corrected chi connectivity index (χ4v) is 4.04. The molecule has 0 bridgehead atoms. The summed E-state index contributed by atoms with van der Waals surface area (Å²) in [6, 6.07) is 8.87. The van der Waals surface area contributed by atoms with Gasteiger partial charge in [0, 0.05) is 47.7 Å². The van der Waals surface area contributed by atoms with Crippen molar-refractivity contribution in [1.29, 1.82) is 0 Å². The zero-order chi connectivity index (χ0) is 24.3. The third kappa shape index (κ3) is 5.34. The molecule has 0 aliphatic rings. The molecule has 2 aromatic carbocycles. The van der Waals surface area contributed by atoms with Gasteiger partial charge in [-0.1, -0.05) is 11.6 Å². The molecular formula is C27H34O6. The van der Waals surface area contributed by atoms with Crippen molar-refractivity contribution in [3.8, 4) is 28.6 Å². The number of rotatable bonds is 9. The lowest BCUT2D eigenvalue weighted by molar-refractivity contribution is -0.0690. The summed E-state index contributed by atoms with van der Waals surface area (Å²) >= 11 is 0. The first-order valence-corrected chi connectivity index (χ1v) is 11.0. The highest BCUT2D eigenvalue weighted by atomic mass is 16.5. The first kappa shape index (κ1) is 24.7. The lowest BCUT2D eigenvalue weighted by Gasteiger charge is -2.30. The van der Waals surface area contributed by atoms with E-state index in [1.165, 1.54) is 5.57 Å². The number of aliphatic hydroxyl groups is 1. The molecule has 178 valence electrons. The fourth-order valence-electron chi connectivity index (χ4n) is 4.04. The number of fused-ring (bicyclic) bond motifs is 1. The van der Waals surface area contributed by atoms with Gasteiger partial charge in [0.25, 0.3) is 0 Å². The van der Waals surface area contributed by atoms with Gasteiger partial charge in [-0.3, -0.25) is 0 Å². The van der Waals surface area contributed by atoms with Crippen LogP contribution >= 0.6 is 0 Å². The molecule has 0 unspecified atom stereocenters. The molecule has 6 nitrogen and oxygen atoms in total. The lowest BCUT2D eigenvalue weighted by atomic mass is 9.87. The van der Waals surface area contributed by atoms with Crippen LogP contribution in [0.3, 0.4) is 0 Å². The summed E-state index contributed by atoms with van der Waals surface area (Å²) in [5.74, 6) is 2.07. The highest BCUT2D eigenvalue weighted by Crippen LogP contribution is 2.44. The van der Waals surface area contributed by atoms with Crippen LogP contribution < -0.4 is 9.47 Å². The van der Waals surface area contributed by atoms with Crippen LogP contribution in [0.4, 0.5) is 0 Å². The third-order valence-electron chi connectivity index (χ3n) is 5.83. The Bertz CT molecular complexity index is 1150. The molecule has 1 atom stereocenters. The van der Waals surface area contributed by atoms with Gasteiger partial charge in [-0.25, -0.2) is 0 Å². The van der Waals surface area contributed by atoms with E-state index < -0.39 is 11.7 Å². The van der Waals surface area contributed by atoms with Crippen LogP contribution in [-0.4, -0.2) is 43.2 Å². The van der Waals surface area contributed by atoms with Crippen LogP contribution in [0.25, 0.3) is 22.3 Å². The topological polar surface area (TPSA) is 81.3 Å². The Morgan fingerprint density at radius 2 is 1.70 bits per heavy atom. The van der Waals surface area contributed by atoms with Crippen LogP contribution in [0, 0.1) is 0 Å². The lowest BCUT2D eigenvalue weighted by Crippen LogP contribution is -2.39. The Balaban J connectivity index is 2.35. The zero-order valence-corrected chi connectivity index (χ0v) is 20.5. The summed E-state index contributed by atoms with van der Waals surface area (Å²) in [7, 11) is 4.84. The van der Waals surface area contributed by atoms with Gasteiger partial charge in [-0.15, -0.1) is 0 Å². The molecule has 0 spiro atoms. The average molecular weight is 455 g/mol. The number of aromatic hydroxyl groups is 1. The Hall–Kier alpha value is -2.96. The van der Waals surface area contributed by atoms with Gasteiger partial charge >= 0.3 is 0 Å². The molecule has 6 heteroatoms. The second-order valence-electron chi connectivity index (χ2n) is 9.01. The molecule has 1 heterocycles. The van der Waals surface area contributed by atoms with Gasteiger partial charge in [0.2, 0.25) is 0 Å². The number of allylic oxidation sites excluding steroid dienone is 2. The summed E-state index contributed by atoms with van der Waals surface area (Å²) in [6.07, 6.45) is 2.67. The first-order valence-electron chi connectivity index (χ1n) is 11.0. The molecule has 0 saturated carbocycles. The fraction of sp³-hybridized carbons (Fsp3) is 0.407. The van der Waals surface area contributed by atoms with Crippen molar-refractivity contribution < 1.29 is 28.8 Å². The second-order valence-corrected chi connectivity index (χ2v) is 9.01. The van der Waals surface area contributed by atoms with Crippen LogP contribution in [-0.2, 0) is 17.6 Å². The minimum Gasteiger partial charge on any atom is -0.508 e. The number of phenolic OH excluding ortho intramolecular Hbond substituents is 1. The monoisotopic (exact) mass is 454 g/mol. The molecule has 1 aromatic heterocycles. The van der Waals surface area contributed by atoms with Crippen molar-refractivity contribution in [1.82, 2.24) is 0 Å². The summed E-state index contributed by atoms with van der Waals surface area (Å²) in [5, 5.41) is 21.5. The minimum atomic E-state index is -1.07. The van der Waals surface area contributed by atoms with E-state index in [9.17, 15) is 10.2 Å². The maximum atomic E-state index is 10.7. The van der Waals surface area contributed by atoms with E-state index in [2.05, 4.69) is 19.9 Å². The largest absolute Gasteiger partial charge is 0.508 e. The van der Waals surface area contributed by atoms with Gasteiger partial charge in [0.05, 0.1) is 25.9 Å². The molecule has 0 aliphatic carbocycles. The molecule has 0 aliphatic heterocycles. The molecular weight excluding hydrogens is 420 g/mol. The summed E-state index contributed by atoms with van der Waals surface area (Å²) < 4.78 is 23.4. The maximum absolute atomic E-state index is 10.7. The van der Waals surface area contributed by atoms with Gasteiger partial charge < -0.3 is 28.8 Å². The molecule has 3 aromatic rings. The number of hydrogen-bond donors (Lipinski definition) is 2. The van der Waals surface area contributed by atoms with Crippen molar-refractivity contribution in [2.75, 3.05) is 21.3 Å². The van der Waals surface area contributed by atoms with Crippen molar-refractivity contribution in [3.63, 3.8) is 0 Å². The Labute approximate surface area is 195 Å². The Morgan fingerprint density at radius 3 is 2.27 bits per heavy atom. The number of phenols is 1. The minimum absolute atomic E-state index is 0.137. The molecule has 2 N–H and O–H groups in total. The molecule has 0 fully saturated rings. The predicted molar refractivity (Wildman–Crippen MR) is 130 cm³/mol. The normalized spacial score (nSPS) is 12.6. The predicted octanol–water partition coefficient (Wildman–Crippen LogP) is 5.66. The van der Waals surface area contributed by atoms with E-state index in [0.29, 0.717) is 35.7 Å². The van der Waals surface area contributed by atoms with Crippen LogP contribution in [0.5, 0.6) is 17.2 Å². The molecule has 0 radical (unpaired) electrons. The first-order chi connectivity index (χ1) is 15.6. The number of ether oxygens (including phenoxy) is 3. The summed E-state index contributed by atoms with van der Waals surface area (Å²) in [5.41, 5.74) is 3.33. The van der Waals surface area contributed by atoms with Crippen molar-refractivity contribution >= 4 is 11.0 Å². The second kappa shape index (κ2) is 9.89. The quantitative estimate of drug-likeness (QED) is 0.406. The highest BCUT2D eigenvalue weighted by molar-refractivity contribution is 5.86. The Kier molecular flexibility index (Phi) is 7.40. The summed E-state index contributed by atoms with van der Waals surface area (Å²) in [4.78, 5) is 0. The van der Waals surface area contributed by atoms with E-state index in [-0.39, 0.29) is 5.75 Å². The van der Waals surface area contributed by atoms with E-state index in [1.807, 2.05) is 18.2 Å². The van der Waals surface area contributed by atoms with E-state index in [0.717, 1.165) is 22.1 Å². The maximum Gasteiger partial charge on any atom is 0.138 e. The van der Waals surface area contributed by atoms with Crippen molar-refractivity contribution in [3.05, 3.63) is 53.1 Å². The van der Waals surface area contributed by atoms with Gasteiger partial charge in [-0.2, -0.15) is 0 Å². The van der Waals surface area contributed by atoms with Gasteiger partial charge in [0.1, 0.15) is 28.6 Å². The standard InChI is InChI=1S/C27H34O6/c1-16(2)8-11-19-22(30-5)15-23(31-6)20(14-25(32-7)27(3,4)29)26(19)24-12-17-9-10-18(28)13-21(17)33-24/h8-10,12-13,15,25,28-29H,11,14H2,1-7H3/t25-/m1/s1. The van der Waals surface area contributed by atoms with Crippen molar-refractivity contribution in [2.45, 2.75) is 52.2 Å². The molecule has 3 rings (SSSR count). The smallest absolute Gasteiger partial charge is 0.138 e. The average Bonchev–Trinajstić information content (AvgIpc) is 3.16. The van der Waals surface area contributed by atoms with Crippen LogP contribution in [0.2, 0.25) is 0 Å². The van der Waals surface area contributed by atoms with E-state index in [1.54, 1.807) is 47.3 Å². The van der Waals surface area contributed by atoms with E-state index >= 15 is 0 Å². The van der Waals surface area contributed by atoms with Gasteiger partial charge in [-0.05, 0) is 52.3 Å². The molecule has 0 amide bonds. The SMILES string of the molecule is COc1cc(OC)c(C[C@@H](OC)C(C)(C)O)c(-c2cc3ccc(O)cc3o2)c1CC=C(C)C. The van der Waals surface area contributed by atoms with Crippen LogP contribution in [0.15, 0.2) is 46.4 Å². The molecule has 0 saturated heterocycles. The Morgan fingerprint density at radius 1 is 1.03 bits per heavy atom. The van der Waals surface area contributed by atoms with Crippen molar-refractivity contribution in [2.24, 2.45) is 0 Å². The molecule has 33 heavy (non-hydrogen) atoms. The van der Waals surface area contributed by atoms with Crippen LogP contribution in [0.1, 0.15) is 38.8 Å².